The van der Waals surface area contributed by atoms with Gasteiger partial charge in [0.15, 0.2) is 5.96 Å². The van der Waals surface area contributed by atoms with Crippen LogP contribution in [-0.4, -0.2) is 39.1 Å². The third-order valence-corrected chi connectivity index (χ3v) is 4.59. The summed E-state index contributed by atoms with van der Waals surface area (Å²) in [6, 6.07) is 15.6. The number of hydrogen-bond acceptors (Lipinski definition) is 2. The zero-order valence-electron chi connectivity index (χ0n) is 16.3. The van der Waals surface area contributed by atoms with Crippen LogP contribution in [0.1, 0.15) is 27.9 Å². The second-order valence-corrected chi connectivity index (χ2v) is 6.56. The van der Waals surface area contributed by atoms with E-state index in [2.05, 4.69) is 27.0 Å². The number of carbonyl (C=O) groups excluding carboxylic acids is 1. The molecule has 2 aromatic rings. The average Bonchev–Trinajstić information content (AvgIpc) is 2.70. The minimum atomic E-state index is -0.0687. The summed E-state index contributed by atoms with van der Waals surface area (Å²) in [6.45, 7) is 1.55. The lowest BCUT2D eigenvalue weighted by atomic mass is 10.1. The molecule has 0 unspecified atom stereocenters. The topological polar surface area (TPSA) is 65.5 Å². The van der Waals surface area contributed by atoms with Crippen molar-refractivity contribution >= 4 is 47.4 Å². The molecule has 0 saturated heterocycles. The first-order chi connectivity index (χ1) is 13.1. The molecule has 0 fully saturated rings. The number of amides is 1. The van der Waals surface area contributed by atoms with Gasteiger partial charge >= 0.3 is 0 Å². The molecular formula is C21H28ClIN4O. The molecule has 5 nitrogen and oxygen atoms in total. The zero-order valence-corrected chi connectivity index (χ0v) is 19.4. The maximum atomic E-state index is 11.7. The van der Waals surface area contributed by atoms with Gasteiger partial charge < -0.3 is 16.0 Å². The van der Waals surface area contributed by atoms with E-state index in [-0.39, 0.29) is 29.9 Å². The first-order valence-corrected chi connectivity index (χ1v) is 9.50. The standard InChI is InChI=1S/C21H27ClN4O.HI/c1-23-20(27)18-9-5-7-16(15-18)12-14-26-21(24-2)25-13-6-10-17-8-3-4-11-19(17)22;/h3-5,7-9,11,15H,6,10,12-14H2,1-2H3,(H,23,27)(H2,24,25,26);1H. The Labute approximate surface area is 189 Å². The van der Waals surface area contributed by atoms with E-state index in [9.17, 15) is 4.79 Å². The molecule has 0 spiro atoms. The predicted molar refractivity (Wildman–Crippen MR) is 128 cm³/mol. The summed E-state index contributed by atoms with van der Waals surface area (Å²) in [5.41, 5.74) is 2.95. The molecule has 0 aliphatic carbocycles. The number of guanidine groups is 1. The van der Waals surface area contributed by atoms with E-state index < -0.39 is 0 Å². The smallest absolute Gasteiger partial charge is 0.251 e. The number of nitrogens with zero attached hydrogens (tertiary/aromatic N) is 1. The molecule has 1 amide bonds. The van der Waals surface area contributed by atoms with Crippen molar-refractivity contribution in [3.8, 4) is 0 Å². The van der Waals surface area contributed by atoms with Crippen molar-refractivity contribution in [2.75, 3.05) is 27.2 Å². The summed E-state index contributed by atoms with van der Waals surface area (Å²) in [6.07, 6.45) is 2.71. The molecule has 0 radical (unpaired) electrons. The molecular weight excluding hydrogens is 487 g/mol. The van der Waals surface area contributed by atoms with Crippen molar-refractivity contribution in [2.24, 2.45) is 4.99 Å². The van der Waals surface area contributed by atoms with Crippen LogP contribution in [0.5, 0.6) is 0 Å². The maximum absolute atomic E-state index is 11.7. The van der Waals surface area contributed by atoms with Gasteiger partial charge in [0.05, 0.1) is 0 Å². The quantitative estimate of drug-likeness (QED) is 0.218. The highest BCUT2D eigenvalue weighted by Crippen LogP contribution is 2.16. The normalized spacial score (nSPS) is 10.8. The molecule has 0 bridgehead atoms. The van der Waals surface area contributed by atoms with Gasteiger partial charge in [-0.1, -0.05) is 41.9 Å². The number of aliphatic imine (C=N–C) groups is 1. The van der Waals surface area contributed by atoms with Gasteiger partial charge in [-0.3, -0.25) is 9.79 Å². The lowest BCUT2D eigenvalue weighted by molar-refractivity contribution is 0.0963. The Morgan fingerprint density at radius 2 is 1.79 bits per heavy atom. The minimum Gasteiger partial charge on any atom is -0.356 e. The summed E-state index contributed by atoms with van der Waals surface area (Å²) in [4.78, 5) is 15.9. The molecule has 2 rings (SSSR count). The fourth-order valence-electron chi connectivity index (χ4n) is 2.75. The third kappa shape index (κ3) is 8.06. The molecule has 0 aliphatic rings. The van der Waals surface area contributed by atoms with E-state index in [0.29, 0.717) is 5.56 Å². The average molecular weight is 515 g/mol. The second kappa shape index (κ2) is 13.4. The van der Waals surface area contributed by atoms with Crippen molar-refractivity contribution in [3.63, 3.8) is 0 Å². The van der Waals surface area contributed by atoms with Crippen LogP contribution < -0.4 is 16.0 Å². The molecule has 2 aromatic carbocycles. The molecule has 152 valence electrons. The lowest BCUT2D eigenvalue weighted by Crippen LogP contribution is -2.38. The first-order valence-electron chi connectivity index (χ1n) is 9.13. The molecule has 0 aromatic heterocycles. The number of rotatable bonds is 8. The van der Waals surface area contributed by atoms with Crippen molar-refractivity contribution in [2.45, 2.75) is 19.3 Å². The van der Waals surface area contributed by atoms with Crippen LogP contribution in [0, 0.1) is 0 Å². The zero-order chi connectivity index (χ0) is 19.5. The fraction of sp³-hybridized carbons (Fsp3) is 0.333. The second-order valence-electron chi connectivity index (χ2n) is 6.15. The maximum Gasteiger partial charge on any atom is 0.251 e. The van der Waals surface area contributed by atoms with Gasteiger partial charge in [-0.15, -0.1) is 24.0 Å². The van der Waals surface area contributed by atoms with E-state index >= 15 is 0 Å². The molecule has 7 heteroatoms. The minimum absolute atomic E-state index is 0. The van der Waals surface area contributed by atoms with E-state index in [1.807, 2.05) is 42.5 Å². The van der Waals surface area contributed by atoms with Crippen LogP contribution in [0.4, 0.5) is 0 Å². The summed E-state index contributed by atoms with van der Waals surface area (Å²) in [5.74, 6) is 0.706. The van der Waals surface area contributed by atoms with Crippen LogP contribution in [-0.2, 0) is 12.8 Å². The van der Waals surface area contributed by atoms with E-state index in [0.717, 1.165) is 48.9 Å². The first kappa shape index (κ1) is 24.2. The Bertz CT molecular complexity index is 783. The lowest BCUT2D eigenvalue weighted by Gasteiger charge is -2.12. The van der Waals surface area contributed by atoms with Gasteiger partial charge in [0.1, 0.15) is 0 Å². The van der Waals surface area contributed by atoms with Crippen molar-refractivity contribution in [1.82, 2.24) is 16.0 Å². The molecule has 0 aliphatic heterocycles. The fourth-order valence-corrected chi connectivity index (χ4v) is 2.98. The number of carbonyl (C=O) groups is 1. The van der Waals surface area contributed by atoms with Gasteiger partial charge in [0.25, 0.3) is 5.91 Å². The SMILES string of the molecule is CN=C(NCCCc1ccccc1Cl)NCCc1cccc(C(=O)NC)c1.I. The number of hydrogen-bond donors (Lipinski definition) is 3. The Morgan fingerprint density at radius 1 is 1.04 bits per heavy atom. The number of benzene rings is 2. The van der Waals surface area contributed by atoms with Crippen LogP contribution >= 0.6 is 35.6 Å². The largest absolute Gasteiger partial charge is 0.356 e. The number of nitrogens with one attached hydrogen (secondary N) is 3. The van der Waals surface area contributed by atoms with E-state index in [1.165, 1.54) is 5.56 Å². The summed E-state index contributed by atoms with van der Waals surface area (Å²) < 4.78 is 0. The Balaban J connectivity index is 0.00000392. The van der Waals surface area contributed by atoms with Gasteiger partial charge in [0, 0.05) is 37.8 Å². The van der Waals surface area contributed by atoms with Crippen molar-refractivity contribution < 1.29 is 4.79 Å². The van der Waals surface area contributed by atoms with Crippen LogP contribution in [0.25, 0.3) is 0 Å². The monoisotopic (exact) mass is 514 g/mol. The number of aryl methyl sites for hydroxylation is 1. The van der Waals surface area contributed by atoms with Crippen LogP contribution in [0.3, 0.4) is 0 Å². The highest BCUT2D eigenvalue weighted by molar-refractivity contribution is 14.0. The number of halogens is 2. The molecule has 0 saturated carbocycles. The van der Waals surface area contributed by atoms with Gasteiger partial charge in [-0.2, -0.15) is 0 Å². The Hall–Kier alpha value is -1.80. The summed E-state index contributed by atoms with van der Waals surface area (Å²) in [5, 5.41) is 10.1. The van der Waals surface area contributed by atoms with Crippen LogP contribution in [0.2, 0.25) is 5.02 Å². The van der Waals surface area contributed by atoms with Gasteiger partial charge in [-0.05, 0) is 48.6 Å². The van der Waals surface area contributed by atoms with Crippen molar-refractivity contribution in [1.29, 1.82) is 0 Å². The predicted octanol–water partition coefficient (Wildman–Crippen LogP) is 3.66. The van der Waals surface area contributed by atoms with E-state index in [1.54, 1.807) is 14.1 Å². The Morgan fingerprint density at radius 3 is 2.50 bits per heavy atom. The van der Waals surface area contributed by atoms with Crippen molar-refractivity contribution in [3.05, 3.63) is 70.2 Å². The molecule has 28 heavy (non-hydrogen) atoms. The molecule has 0 atom stereocenters. The molecule has 3 N–H and O–H groups in total. The van der Waals surface area contributed by atoms with Gasteiger partial charge in [-0.25, -0.2) is 0 Å². The summed E-state index contributed by atoms with van der Waals surface area (Å²) in [7, 11) is 3.40. The summed E-state index contributed by atoms with van der Waals surface area (Å²) >= 11 is 6.18. The highest BCUT2D eigenvalue weighted by atomic mass is 127. The van der Waals surface area contributed by atoms with E-state index in [4.69, 9.17) is 11.6 Å². The Kier molecular flexibility index (Phi) is 11.6. The highest BCUT2D eigenvalue weighted by Gasteiger charge is 2.04. The third-order valence-electron chi connectivity index (χ3n) is 4.22. The van der Waals surface area contributed by atoms with Gasteiger partial charge in [0.2, 0.25) is 0 Å². The van der Waals surface area contributed by atoms with Crippen LogP contribution in [0.15, 0.2) is 53.5 Å². The molecule has 0 heterocycles.